The van der Waals surface area contributed by atoms with Crippen molar-refractivity contribution < 1.29 is 9.90 Å². The molecule has 106 valence electrons. The lowest BCUT2D eigenvalue weighted by molar-refractivity contribution is -0.138. The first-order valence-electron chi connectivity index (χ1n) is 5.76. The van der Waals surface area contributed by atoms with Crippen LogP contribution in [-0.2, 0) is 10.2 Å². The van der Waals surface area contributed by atoms with Crippen molar-refractivity contribution in [2.45, 2.75) is 18.3 Å². The van der Waals surface area contributed by atoms with Crippen molar-refractivity contribution >= 4 is 29.2 Å². The maximum Gasteiger partial charge on any atom is 0.304 e. The van der Waals surface area contributed by atoms with Crippen LogP contribution in [-0.4, -0.2) is 11.1 Å². The number of carboxylic acids is 1. The Kier molecular flexibility index (Phi) is 5.56. The number of carboxylic acid groups (broad SMARTS) is 1. The largest absolute Gasteiger partial charge is 0.481 e. The van der Waals surface area contributed by atoms with Crippen molar-refractivity contribution in [1.29, 1.82) is 15.8 Å². The molecule has 0 bridgehead atoms. The van der Waals surface area contributed by atoms with E-state index in [9.17, 15) is 15.3 Å². The molecule has 7 heteroatoms. The second kappa shape index (κ2) is 6.95. The van der Waals surface area contributed by atoms with E-state index in [1.54, 1.807) is 0 Å². The Balaban J connectivity index is 3.49. The predicted molar refractivity (Wildman–Crippen MR) is 75.3 cm³/mol. The predicted octanol–water partition coefficient (Wildman–Crippen LogP) is 3.28. The average Bonchev–Trinajstić information content (AvgIpc) is 2.45. The lowest BCUT2D eigenvalue weighted by atomic mass is 9.68. The molecule has 0 aliphatic carbocycles. The Morgan fingerprint density at radius 1 is 1.29 bits per heavy atom. The number of nitriles is 3. The van der Waals surface area contributed by atoms with E-state index in [1.165, 1.54) is 18.2 Å². The van der Waals surface area contributed by atoms with Crippen molar-refractivity contribution in [2.24, 2.45) is 5.92 Å². The maximum atomic E-state index is 10.9. The SMILES string of the molecule is N#CCC(C#N)(c1ccc(Cl)c(Cl)c1)C(C#N)CC(=O)O. The topological polar surface area (TPSA) is 109 Å². The van der Waals surface area contributed by atoms with Gasteiger partial charge < -0.3 is 5.11 Å². The molecule has 1 aromatic carbocycles. The average molecular weight is 322 g/mol. The molecular formula is C14H9Cl2N3O2. The fourth-order valence-corrected chi connectivity index (χ4v) is 2.31. The van der Waals surface area contributed by atoms with Gasteiger partial charge in [-0.05, 0) is 17.7 Å². The van der Waals surface area contributed by atoms with Gasteiger partial charge in [-0.2, -0.15) is 15.8 Å². The molecule has 0 fully saturated rings. The summed E-state index contributed by atoms with van der Waals surface area (Å²) in [6.45, 7) is 0. The fourth-order valence-electron chi connectivity index (χ4n) is 2.01. The first-order valence-corrected chi connectivity index (χ1v) is 6.52. The third-order valence-corrected chi connectivity index (χ3v) is 3.86. The van der Waals surface area contributed by atoms with Gasteiger partial charge in [0.1, 0.15) is 5.41 Å². The maximum absolute atomic E-state index is 10.9. The van der Waals surface area contributed by atoms with Crippen LogP contribution in [0.15, 0.2) is 18.2 Å². The summed E-state index contributed by atoms with van der Waals surface area (Å²) in [6, 6.07) is 9.88. The second-order valence-electron chi connectivity index (χ2n) is 4.33. The highest BCUT2D eigenvalue weighted by Gasteiger charge is 2.42. The van der Waals surface area contributed by atoms with E-state index in [1.807, 2.05) is 18.2 Å². The summed E-state index contributed by atoms with van der Waals surface area (Å²) in [5.41, 5.74) is -1.27. The number of rotatable bonds is 5. The van der Waals surface area contributed by atoms with Gasteiger partial charge >= 0.3 is 5.97 Å². The Morgan fingerprint density at radius 2 is 1.95 bits per heavy atom. The van der Waals surface area contributed by atoms with Crippen LogP contribution >= 0.6 is 23.2 Å². The molecule has 0 aliphatic rings. The van der Waals surface area contributed by atoms with Gasteiger partial charge in [0.2, 0.25) is 0 Å². The minimum Gasteiger partial charge on any atom is -0.481 e. The molecule has 1 rings (SSSR count). The number of aliphatic carboxylic acids is 1. The van der Waals surface area contributed by atoms with Crippen molar-refractivity contribution in [3.05, 3.63) is 33.8 Å². The van der Waals surface area contributed by atoms with Crippen LogP contribution in [0.25, 0.3) is 0 Å². The number of hydrogen-bond acceptors (Lipinski definition) is 4. The normalized spacial score (nSPS) is 14.0. The number of halogens is 2. The molecule has 1 aromatic rings. The highest BCUT2D eigenvalue weighted by molar-refractivity contribution is 6.42. The third-order valence-electron chi connectivity index (χ3n) is 3.12. The molecule has 5 nitrogen and oxygen atoms in total. The lowest BCUT2D eigenvalue weighted by Crippen LogP contribution is -2.34. The van der Waals surface area contributed by atoms with Gasteiger partial charge in [-0.25, -0.2) is 0 Å². The highest BCUT2D eigenvalue weighted by Crippen LogP contribution is 2.39. The number of carbonyl (C=O) groups is 1. The molecule has 0 amide bonds. The third kappa shape index (κ3) is 3.44. The van der Waals surface area contributed by atoms with Crippen molar-refractivity contribution in [2.75, 3.05) is 0 Å². The zero-order chi connectivity index (χ0) is 16.0. The Morgan fingerprint density at radius 3 is 2.38 bits per heavy atom. The Bertz CT molecular complexity index is 685. The zero-order valence-electron chi connectivity index (χ0n) is 10.7. The van der Waals surface area contributed by atoms with E-state index in [-0.39, 0.29) is 16.5 Å². The number of nitrogens with zero attached hydrogens (tertiary/aromatic N) is 3. The van der Waals surface area contributed by atoms with Crippen molar-refractivity contribution in [3.63, 3.8) is 0 Å². The highest BCUT2D eigenvalue weighted by atomic mass is 35.5. The monoisotopic (exact) mass is 321 g/mol. The van der Waals surface area contributed by atoms with Crippen LogP contribution < -0.4 is 0 Å². The van der Waals surface area contributed by atoms with E-state index in [2.05, 4.69) is 0 Å². The second-order valence-corrected chi connectivity index (χ2v) is 5.14. The first-order chi connectivity index (χ1) is 9.91. The summed E-state index contributed by atoms with van der Waals surface area (Å²) < 4.78 is 0. The molecule has 0 saturated carbocycles. The molecule has 0 aromatic heterocycles. The first kappa shape index (κ1) is 16.8. The molecule has 0 radical (unpaired) electrons. The Labute approximate surface area is 131 Å². The van der Waals surface area contributed by atoms with Crippen LogP contribution in [0.4, 0.5) is 0 Å². The van der Waals surface area contributed by atoms with E-state index in [0.717, 1.165) is 0 Å². The molecule has 0 saturated heterocycles. The number of benzene rings is 1. The van der Waals surface area contributed by atoms with Crippen LogP contribution in [0.1, 0.15) is 18.4 Å². The van der Waals surface area contributed by atoms with E-state index < -0.39 is 23.7 Å². The van der Waals surface area contributed by atoms with E-state index in [4.69, 9.17) is 33.6 Å². The molecule has 1 N–H and O–H groups in total. The van der Waals surface area contributed by atoms with Gasteiger partial charge in [-0.1, -0.05) is 29.3 Å². The van der Waals surface area contributed by atoms with Gasteiger partial charge in [-0.3, -0.25) is 4.79 Å². The van der Waals surface area contributed by atoms with Gasteiger partial charge in [0.25, 0.3) is 0 Å². The van der Waals surface area contributed by atoms with E-state index in [0.29, 0.717) is 5.56 Å². The fraction of sp³-hybridized carbons (Fsp3) is 0.286. The van der Waals surface area contributed by atoms with Gasteiger partial charge in [0.05, 0.1) is 47.0 Å². The summed E-state index contributed by atoms with van der Waals surface area (Å²) in [6.07, 6.45) is -0.876. The quantitative estimate of drug-likeness (QED) is 0.894. The minimum absolute atomic E-state index is 0.166. The van der Waals surface area contributed by atoms with Gasteiger partial charge in [-0.15, -0.1) is 0 Å². The summed E-state index contributed by atoms with van der Waals surface area (Å²) in [5.74, 6) is -2.41. The smallest absolute Gasteiger partial charge is 0.304 e. The van der Waals surface area contributed by atoms with Crippen LogP contribution in [0.5, 0.6) is 0 Å². The standard InChI is InChI=1S/C14H9Cl2N3O2/c15-11-2-1-9(5-12(11)16)14(8-19,3-4-17)10(7-18)6-13(20)21/h1-2,5,10H,3,6H2,(H,20,21). The summed E-state index contributed by atoms with van der Waals surface area (Å²) in [4.78, 5) is 10.9. The molecular weight excluding hydrogens is 313 g/mol. The lowest BCUT2D eigenvalue weighted by Gasteiger charge is -2.28. The van der Waals surface area contributed by atoms with Crippen molar-refractivity contribution in [1.82, 2.24) is 0 Å². The molecule has 0 spiro atoms. The molecule has 2 unspecified atom stereocenters. The minimum atomic E-state index is -1.57. The summed E-state index contributed by atoms with van der Waals surface area (Å²) >= 11 is 11.7. The van der Waals surface area contributed by atoms with Gasteiger partial charge in [0.15, 0.2) is 0 Å². The summed E-state index contributed by atoms with van der Waals surface area (Å²) in [7, 11) is 0. The molecule has 0 aliphatic heterocycles. The molecule has 21 heavy (non-hydrogen) atoms. The van der Waals surface area contributed by atoms with Crippen LogP contribution in [0.3, 0.4) is 0 Å². The van der Waals surface area contributed by atoms with Gasteiger partial charge in [0, 0.05) is 0 Å². The number of hydrogen-bond donors (Lipinski definition) is 1. The van der Waals surface area contributed by atoms with Crippen molar-refractivity contribution in [3.8, 4) is 18.2 Å². The Hall–Kier alpha value is -2.26. The molecule has 2 atom stereocenters. The summed E-state index contributed by atoms with van der Waals surface area (Å²) in [5, 5.41) is 37.0. The van der Waals surface area contributed by atoms with E-state index >= 15 is 0 Å². The van der Waals surface area contributed by atoms with Crippen LogP contribution in [0.2, 0.25) is 10.0 Å². The van der Waals surface area contributed by atoms with Crippen LogP contribution in [0, 0.1) is 39.9 Å². The zero-order valence-corrected chi connectivity index (χ0v) is 12.2. The molecule has 0 heterocycles.